The van der Waals surface area contributed by atoms with Gasteiger partial charge in [0.15, 0.2) is 5.83 Å². The van der Waals surface area contributed by atoms with E-state index in [-0.39, 0.29) is 17.8 Å². The molecule has 3 aliphatic heterocycles. The number of benzene rings is 2. The summed E-state index contributed by atoms with van der Waals surface area (Å²) in [5.41, 5.74) is 4.41. The Morgan fingerprint density at radius 2 is 1.98 bits per heavy atom. The zero-order chi connectivity index (χ0) is 32.9. The number of aromatic nitrogens is 2. The fourth-order valence-electron chi connectivity index (χ4n) is 7.48. The highest BCUT2D eigenvalue weighted by Gasteiger charge is 2.57. The van der Waals surface area contributed by atoms with E-state index in [1.807, 2.05) is 11.8 Å². The minimum atomic E-state index is -1.01. The Morgan fingerprint density at radius 1 is 1.19 bits per heavy atom. The number of thioether (sulfide) groups is 1. The monoisotopic (exact) mass is 655 g/mol. The van der Waals surface area contributed by atoms with Gasteiger partial charge in [-0.25, -0.2) is 4.39 Å². The molecule has 1 aromatic heterocycles. The van der Waals surface area contributed by atoms with Gasteiger partial charge in [0.25, 0.3) is 5.91 Å². The number of carbonyl (C=O) groups excluding carboxylic acids is 1. The topological polar surface area (TPSA) is 88.8 Å². The van der Waals surface area contributed by atoms with Crippen LogP contribution in [0.2, 0.25) is 0 Å². The number of amides is 1. The summed E-state index contributed by atoms with van der Waals surface area (Å²) in [5.74, 6) is -0.977. The SMILES string of the molecule is C=C(F)C(=O)N1CCN(c2nc(OCC3S[C@]3(C)N(C)C3CCC3)nc3c2CCN(c2cccc4cccc(C)c24)C3)C[C@@H]1CC#N. The quantitative estimate of drug-likeness (QED) is 0.216. The molecule has 9 nitrogen and oxygen atoms in total. The standard InChI is InChI=1S/C36H42FN7O2S/c1-23-8-5-9-25-10-6-13-30(32(23)25)42-17-15-28-29(21-42)39-35(46-22-31-36(3,47-31)41(4)26-11-7-12-26)40-33(28)43-18-19-44(34(45)24(2)37)27(20-43)14-16-38/h5-6,8-10,13,26-27,31H,2,7,11-12,14-15,17-22H2,1,3-4H3/t27-,31?,36-/m0/s1. The molecule has 1 saturated carbocycles. The van der Waals surface area contributed by atoms with E-state index in [2.05, 4.69) is 84.6 Å². The average Bonchev–Trinajstić information content (AvgIpc) is 3.72. The van der Waals surface area contributed by atoms with Gasteiger partial charge in [-0.15, -0.1) is 11.8 Å². The van der Waals surface area contributed by atoms with Crippen LogP contribution in [0.4, 0.5) is 15.9 Å². The molecule has 0 N–H and O–H groups in total. The lowest BCUT2D eigenvalue weighted by Gasteiger charge is -2.42. The molecule has 47 heavy (non-hydrogen) atoms. The van der Waals surface area contributed by atoms with Crippen molar-refractivity contribution in [3.63, 3.8) is 0 Å². The van der Waals surface area contributed by atoms with E-state index < -0.39 is 17.8 Å². The van der Waals surface area contributed by atoms with E-state index in [9.17, 15) is 14.4 Å². The molecule has 0 bridgehead atoms. The van der Waals surface area contributed by atoms with Crippen molar-refractivity contribution in [2.45, 2.75) is 74.7 Å². The lowest BCUT2D eigenvalue weighted by Crippen LogP contribution is -2.55. The van der Waals surface area contributed by atoms with Crippen molar-refractivity contribution in [1.82, 2.24) is 19.8 Å². The number of piperazine rings is 1. The van der Waals surface area contributed by atoms with Gasteiger partial charge in [-0.2, -0.15) is 15.2 Å². The molecule has 0 spiro atoms. The van der Waals surface area contributed by atoms with E-state index in [4.69, 9.17) is 14.7 Å². The van der Waals surface area contributed by atoms with Crippen molar-refractivity contribution in [2.24, 2.45) is 0 Å². The van der Waals surface area contributed by atoms with Gasteiger partial charge in [-0.1, -0.05) is 43.3 Å². The summed E-state index contributed by atoms with van der Waals surface area (Å²) in [5, 5.41) is 12.4. The Bertz CT molecular complexity index is 1750. The summed E-state index contributed by atoms with van der Waals surface area (Å²) in [6.45, 7) is 10.7. The van der Waals surface area contributed by atoms with E-state index >= 15 is 0 Å². The van der Waals surface area contributed by atoms with Gasteiger partial charge in [-0.05, 0) is 57.2 Å². The molecule has 0 radical (unpaired) electrons. The predicted molar refractivity (Wildman–Crippen MR) is 184 cm³/mol. The molecular weight excluding hydrogens is 614 g/mol. The molecule has 11 heteroatoms. The molecule has 7 rings (SSSR count). The van der Waals surface area contributed by atoms with E-state index in [1.54, 1.807) is 0 Å². The fourth-order valence-corrected chi connectivity index (χ4v) is 8.67. The maximum absolute atomic E-state index is 13.9. The second-order valence-electron chi connectivity index (χ2n) is 13.4. The smallest absolute Gasteiger partial charge is 0.318 e. The van der Waals surface area contributed by atoms with Crippen LogP contribution in [0.25, 0.3) is 10.8 Å². The average molecular weight is 656 g/mol. The first-order valence-corrected chi connectivity index (χ1v) is 17.5. The predicted octanol–water partition coefficient (Wildman–Crippen LogP) is 5.61. The van der Waals surface area contributed by atoms with Crippen molar-refractivity contribution in [1.29, 1.82) is 5.26 Å². The number of rotatable bonds is 9. The van der Waals surface area contributed by atoms with Gasteiger partial charge in [0.2, 0.25) is 0 Å². The van der Waals surface area contributed by atoms with Gasteiger partial charge in [0, 0.05) is 48.9 Å². The molecule has 246 valence electrons. The number of aryl methyl sites for hydroxylation is 1. The van der Waals surface area contributed by atoms with Crippen LogP contribution in [-0.4, -0.2) is 87.7 Å². The van der Waals surface area contributed by atoms with Crippen LogP contribution >= 0.6 is 11.8 Å². The number of ether oxygens (including phenoxy) is 1. The van der Waals surface area contributed by atoms with Crippen LogP contribution in [0.15, 0.2) is 48.8 Å². The van der Waals surface area contributed by atoms with Gasteiger partial charge in [0.1, 0.15) is 12.4 Å². The number of carbonyl (C=O) groups is 1. The Hall–Kier alpha value is -3.88. The first-order valence-electron chi connectivity index (χ1n) is 16.6. The highest BCUT2D eigenvalue weighted by molar-refractivity contribution is 8.08. The Labute approximate surface area is 280 Å². The maximum atomic E-state index is 13.9. The summed E-state index contributed by atoms with van der Waals surface area (Å²) in [7, 11) is 2.23. The zero-order valence-electron chi connectivity index (χ0n) is 27.4. The van der Waals surface area contributed by atoms with Gasteiger partial charge < -0.3 is 19.4 Å². The van der Waals surface area contributed by atoms with E-state index in [0.717, 1.165) is 30.0 Å². The molecule has 3 atom stereocenters. The lowest BCUT2D eigenvalue weighted by molar-refractivity contribution is -0.131. The largest absolute Gasteiger partial charge is 0.462 e. The summed E-state index contributed by atoms with van der Waals surface area (Å²) in [6.07, 6.45) is 4.65. The fraction of sp³-hybridized carbons (Fsp3) is 0.500. The minimum Gasteiger partial charge on any atom is -0.462 e. The number of hydrogen-bond acceptors (Lipinski definition) is 9. The third-order valence-corrected chi connectivity index (χ3v) is 12.3. The van der Waals surface area contributed by atoms with Crippen molar-refractivity contribution >= 4 is 39.9 Å². The second-order valence-corrected chi connectivity index (χ2v) is 15.0. The Balaban J connectivity index is 1.19. The van der Waals surface area contributed by atoms with Gasteiger partial charge in [0.05, 0.1) is 40.9 Å². The van der Waals surface area contributed by atoms with Crippen LogP contribution in [-0.2, 0) is 17.8 Å². The molecule has 1 unspecified atom stereocenters. The highest BCUT2D eigenvalue weighted by Crippen LogP contribution is 2.57. The molecule has 2 saturated heterocycles. The number of fused-ring (bicyclic) bond motifs is 2. The van der Waals surface area contributed by atoms with Crippen molar-refractivity contribution in [3.8, 4) is 12.1 Å². The third kappa shape index (κ3) is 5.91. The molecule has 3 aromatic rings. The summed E-state index contributed by atoms with van der Waals surface area (Å²) >= 11 is 1.94. The number of hydrogen-bond donors (Lipinski definition) is 0. The van der Waals surface area contributed by atoms with Gasteiger partial charge >= 0.3 is 6.01 Å². The minimum absolute atomic E-state index is 0.0545. The Morgan fingerprint density at radius 3 is 2.70 bits per heavy atom. The number of anilines is 2. The van der Waals surface area contributed by atoms with E-state index in [1.165, 1.54) is 46.2 Å². The second kappa shape index (κ2) is 12.6. The molecule has 2 aromatic carbocycles. The maximum Gasteiger partial charge on any atom is 0.318 e. The van der Waals surface area contributed by atoms with Crippen LogP contribution in [0.3, 0.4) is 0 Å². The zero-order valence-corrected chi connectivity index (χ0v) is 28.2. The summed E-state index contributed by atoms with van der Waals surface area (Å²) in [4.78, 5) is 31.1. The number of nitrogens with zero attached hydrogens (tertiary/aromatic N) is 7. The lowest BCUT2D eigenvalue weighted by atomic mass is 9.90. The Kier molecular flexibility index (Phi) is 8.51. The third-order valence-electron chi connectivity index (χ3n) is 10.7. The molecule has 1 amide bonds. The normalized spacial score (nSPS) is 24.1. The van der Waals surface area contributed by atoms with Crippen LogP contribution in [0, 0.1) is 18.3 Å². The van der Waals surface area contributed by atoms with Crippen molar-refractivity contribution in [3.05, 3.63) is 65.6 Å². The molecular formula is C36H42FN7O2S. The van der Waals surface area contributed by atoms with Crippen molar-refractivity contribution < 1.29 is 13.9 Å². The number of halogens is 1. The molecule has 4 heterocycles. The van der Waals surface area contributed by atoms with E-state index in [0.29, 0.717) is 43.5 Å². The number of nitriles is 1. The van der Waals surface area contributed by atoms with Crippen LogP contribution in [0.1, 0.15) is 49.4 Å². The summed E-state index contributed by atoms with van der Waals surface area (Å²) in [6, 6.07) is 15.6. The first kappa shape index (κ1) is 31.7. The summed E-state index contributed by atoms with van der Waals surface area (Å²) < 4.78 is 20.3. The van der Waals surface area contributed by atoms with Crippen LogP contribution < -0.4 is 14.5 Å². The molecule has 1 aliphatic carbocycles. The first-order chi connectivity index (χ1) is 22.7. The highest BCUT2D eigenvalue weighted by atomic mass is 32.2. The van der Waals surface area contributed by atoms with Crippen molar-refractivity contribution in [2.75, 3.05) is 49.6 Å². The van der Waals surface area contributed by atoms with Gasteiger partial charge in [-0.3, -0.25) is 9.69 Å². The molecule has 4 aliphatic rings. The molecule has 3 fully saturated rings. The van der Waals surface area contributed by atoms with Crippen LogP contribution in [0.5, 0.6) is 6.01 Å².